The lowest BCUT2D eigenvalue weighted by molar-refractivity contribution is -0.134. The van der Waals surface area contributed by atoms with Crippen LogP contribution >= 0.6 is 0 Å². The highest BCUT2D eigenvalue weighted by Gasteiger charge is 2.23. The van der Waals surface area contributed by atoms with Crippen LogP contribution in [-0.2, 0) is 32.2 Å². The Labute approximate surface area is 206 Å². The van der Waals surface area contributed by atoms with Crippen molar-refractivity contribution in [3.8, 4) is 0 Å². The molecular weight excluding hydrogens is 424 g/mol. The molecule has 0 spiro atoms. The first-order chi connectivity index (χ1) is 16.7. The molecule has 0 fully saturated rings. The summed E-state index contributed by atoms with van der Waals surface area (Å²) in [5.41, 5.74) is 2.32. The van der Waals surface area contributed by atoms with Crippen molar-refractivity contribution in [1.82, 2.24) is 0 Å². The van der Waals surface area contributed by atoms with Gasteiger partial charge in [0, 0.05) is 26.6 Å². The van der Waals surface area contributed by atoms with Crippen LogP contribution < -0.4 is 0 Å². The van der Waals surface area contributed by atoms with Crippen LogP contribution in [0.25, 0.3) is 0 Å². The molecule has 4 nitrogen and oxygen atoms in total. The van der Waals surface area contributed by atoms with E-state index in [-0.39, 0.29) is 24.4 Å². The Morgan fingerprint density at radius 2 is 1.38 bits per heavy atom. The van der Waals surface area contributed by atoms with Gasteiger partial charge in [-0.05, 0) is 17.5 Å². The van der Waals surface area contributed by atoms with E-state index in [4.69, 9.17) is 18.9 Å². The van der Waals surface area contributed by atoms with Crippen molar-refractivity contribution < 1.29 is 18.9 Å². The highest BCUT2D eigenvalue weighted by Crippen LogP contribution is 2.22. The molecule has 0 radical (unpaired) electrons. The SMILES string of the molecule is C=CC(/C=C/C(CCCCC)OCc1ccccc1)C(CC(OC)OC)OCc1ccccc1. The summed E-state index contributed by atoms with van der Waals surface area (Å²) in [4.78, 5) is 0. The zero-order chi connectivity index (χ0) is 24.4. The van der Waals surface area contributed by atoms with Gasteiger partial charge >= 0.3 is 0 Å². The lowest BCUT2D eigenvalue weighted by Gasteiger charge is -2.26. The molecule has 2 rings (SSSR count). The van der Waals surface area contributed by atoms with Gasteiger partial charge in [-0.2, -0.15) is 0 Å². The molecule has 34 heavy (non-hydrogen) atoms. The quantitative estimate of drug-likeness (QED) is 0.133. The number of hydrogen-bond acceptors (Lipinski definition) is 4. The van der Waals surface area contributed by atoms with Crippen molar-refractivity contribution in [3.63, 3.8) is 0 Å². The molecule has 0 aliphatic carbocycles. The van der Waals surface area contributed by atoms with Crippen LogP contribution in [0.2, 0.25) is 0 Å². The van der Waals surface area contributed by atoms with E-state index in [9.17, 15) is 0 Å². The first-order valence-electron chi connectivity index (χ1n) is 12.4. The molecule has 0 N–H and O–H groups in total. The zero-order valence-electron chi connectivity index (χ0n) is 21.1. The second-order valence-electron chi connectivity index (χ2n) is 8.50. The molecular formula is C30H42O4. The van der Waals surface area contributed by atoms with E-state index in [2.05, 4.69) is 49.9 Å². The van der Waals surface area contributed by atoms with Gasteiger partial charge < -0.3 is 18.9 Å². The van der Waals surface area contributed by atoms with Gasteiger partial charge in [0.05, 0.1) is 25.4 Å². The number of benzene rings is 2. The Balaban J connectivity index is 2.09. The minimum absolute atomic E-state index is 0.00510. The molecule has 2 aromatic rings. The summed E-state index contributed by atoms with van der Waals surface area (Å²) >= 11 is 0. The monoisotopic (exact) mass is 466 g/mol. The van der Waals surface area contributed by atoms with E-state index < -0.39 is 0 Å². The van der Waals surface area contributed by atoms with Crippen molar-refractivity contribution >= 4 is 0 Å². The van der Waals surface area contributed by atoms with Crippen LogP contribution in [0.4, 0.5) is 0 Å². The van der Waals surface area contributed by atoms with E-state index in [1.807, 2.05) is 42.5 Å². The summed E-state index contributed by atoms with van der Waals surface area (Å²) in [7, 11) is 3.31. The number of methoxy groups -OCH3 is 2. The average molecular weight is 467 g/mol. The Morgan fingerprint density at radius 3 is 1.91 bits per heavy atom. The molecule has 0 aromatic heterocycles. The Morgan fingerprint density at radius 1 is 0.794 bits per heavy atom. The second kappa shape index (κ2) is 17.2. The van der Waals surface area contributed by atoms with Gasteiger partial charge in [-0.15, -0.1) is 6.58 Å². The molecule has 4 heteroatoms. The number of ether oxygens (including phenoxy) is 4. The average Bonchev–Trinajstić information content (AvgIpc) is 2.89. The van der Waals surface area contributed by atoms with E-state index >= 15 is 0 Å². The fraction of sp³-hybridized carbons (Fsp3) is 0.467. The summed E-state index contributed by atoms with van der Waals surface area (Å²) in [6, 6.07) is 20.5. The van der Waals surface area contributed by atoms with E-state index in [0.29, 0.717) is 19.6 Å². The normalized spacial score (nSPS) is 14.4. The number of unbranched alkanes of at least 4 members (excludes halogenated alkanes) is 2. The standard InChI is InChI=1S/C30H42O4/c1-5-7-10-19-28(33-23-25-15-11-8-12-16-25)21-20-27(6-2)29(22-30(31-3)32-4)34-24-26-17-13-9-14-18-26/h6,8-9,11-18,20-21,27-30H,2,5,7,10,19,22-24H2,1,3-4H3/b21-20+. The first kappa shape index (κ1) is 28.0. The van der Waals surface area contributed by atoms with Crippen LogP contribution in [0.5, 0.6) is 0 Å². The molecule has 0 amide bonds. The highest BCUT2D eigenvalue weighted by molar-refractivity contribution is 5.14. The van der Waals surface area contributed by atoms with Crippen molar-refractivity contribution in [2.24, 2.45) is 5.92 Å². The summed E-state index contributed by atoms with van der Waals surface area (Å²) in [6.07, 6.45) is 11.0. The number of hydrogen-bond donors (Lipinski definition) is 0. The zero-order valence-corrected chi connectivity index (χ0v) is 21.1. The maximum Gasteiger partial charge on any atom is 0.159 e. The van der Waals surface area contributed by atoms with Crippen LogP contribution in [0.15, 0.2) is 85.5 Å². The molecule has 0 saturated heterocycles. The molecule has 3 atom stereocenters. The lowest BCUT2D eigenvalue weighted by Crippen LogP contribution is -2.29. The lowest BCUT2D eigenvalue weighted by atomic mass is 9.97. The summed E-state index contributed by atoms with van der Waals surface area (Å²) in [5.74, 6) is 0.00510. The third kappa shape index (κ3) is 10.8. The molecule has 3 unspecified atom stereocenters. The second-order valence-corrected chi connectivity index (χ2v) is 8.50. The fourth-order valence-corrected chi connectivity index (χ4v) is 3.81. The minimum Gasteiger partial charge on any atom is -0.372 e. The van der Waals surface area contributed by atoms with Crippen LogP contribution in [0, 0.1) is 5.92 Å². The Hall–Kier alpha value is -2.24. The highest BCUT2D eigenvalue weighted by atomic mass is 16.7. The Kier molecular flexibility index (Phi) is 14.2. The van der Waals surface area contributed by atoms with Crippen molar-refractivity contribution in [1.29, 1.82) is 0 Å². The van der Waals surface area contributed by atoms with Crippen LogP contribution in [0.1, 0.15) is 50.2 Å². The largest absolute Gasteiger partial charge is 0.372 e. The minimum atomic E-state index is -0.341. The van der Waals surface area contributed by atoms with Crippen LogP contribution in [-0.4, -0.2) is 32.7 Å². The van der Waals surface area contributed by atoms with Gasteiger partial charge in [-0.25, -0.2) is 0 Å². The van der Waals surface area contributed by atoms with Crippen molar-refractivity contribution in [2.75, 3.05) is 14.2 Å². The predicted octanol–water partition coefficient (Wildman–Crippen LogP) is 7.10. The van der Waals surface area contributed by atoms with Gasteiger partial charge in [-0.3, -0.25) is 0 Å². The summed E-state index contributed by atoms with van der Waals surface area (Å²) in [6.45, 7) is 7.43. The Bertz CT molecular complexity index is 786. The van der Waals surface area contributed by atoms with Gasteiger partial charge in [-0.1, -0.05) is 105 Å². The topological polar surface area (TPSA) is 36.9 Å². The third-order valence-corrected chi connectivity index (χ3v) is 5.91. The van der Waals surface area contributed by atoms with Crippen LogP contribution in [0.3, 0.4) is 0 Å². The van der Waals surface area contributed by atoms with E-state index in [0.717, 1.165) is 18.4 Å². The molecule has 0 heterocycles. The molecule has 2 aromatic carbocycles. The van der Waals surface area contributed by atoms with Crippen molar-refractivity contribution in [2.45, 2.75) is 70.7 Å². The van der Waals surface area contributed by atoms with Gasteiger partial charge in [0.15, 0.2) is 6.29 Å². The summed E-state index contributed by atoms with van der Waals surface area (Å²) < 4.78 is 23.6. The smallest absolute Gasteiger partial charge is 0.159 e. The third-order valence-electron chi connectivity index (χ3n) is 5.91. The number of rotatable bonds is 18. The van der Waals surface area contributed by atoms with Gasteiger partial charge in [0.2, 0.25) is 0 Å². The fourth-order valence-electron chi connectivity index (χ4n) is 3.81. The first-order valence-corrected chi connectivity index (χ1v) is 12.4. The maximum atomic E-state index is 6.35. The molecule has 186 valence electrons. The predicted molar refractivity (Wildman–Crippen MR) is 139 cm³/mol. The summed E-state index contributed by atoms with van der Waals surface area (Å²) in [5, 5.41) is 0. The van der Waals surface area contributed by atoms with Gasteiger partial charge in [0.25, 0.3) is 0 Å². The molecule has 0 aliphatic rings. The van der Waals surface area contributed by atoms with Crippen molar-refractivity contribution in [3.05, 3.63) is 96.6 Å². The maximum absolute atomic E-state index is 6.35. The molecule has 0 bridgehead atoms. The van der Waals surface area contributed by atoms with E-state index in [1.165, 1.54) is 18.4 Å². The molecule has 0 saturated carbocycles. The molecule has 0 aliphatic heterocycles. The van der Waals surface area contributed by atoms with E-state index in [1.54, 1.807) is 14.2 Å². The van der Waals surface area contributed by atoms with Gasteiger partial charge in [0.1, 0.15) is 0 Å².